The standard InChI is InChI=1S/C16H20Cl2N2O5S/c17-12-6-3-7-13(18)16(12)26(23,24)19-9-8-15(22)25-10-14(21)20-11-4-1-2-5-11/h3,6-7,11,19H,1-2,4-5,8-10H2,(H,20,21). The van der Waals surface area contributed by atoms with E-state index in [2.05, 4.69) is 10.0 Å². The second kappa shape index (κ2) is 9.55. The van der Waals surface area contributed by atoms with Gasteiger partial charge in [-0.3, -0.25) is 9.59 Å². The van der Waals surface area contributed by atoms with E-state index in [4.69, 9.17) is 27.9 Å². The van der Waals surface area contributed by atoms with Crippen molar-refractivity contribution in [3.63, 3.8) is 0 Å². The number of benzene rings is 1. The van der Waals surface area contributed by atoms with Crippen LogP contribution in [0.5, 0.6) is 0 Å². The molecule has 0 spiro atoms. The van der Waals surface area contributed by atoms with Crippen molar-refractivity contribution in [3.05, 3.63) is 28.2 Å². The first kappa shape index (κ1) is 21.0. The average molecular weight is 423 g/mol. The molecule has 1 aromatic rings. The van der Waals surface area contributed by atoms with Gasteiger partial charge in [0.2, 0.25) is 10.0 Å². The van der Waals surface area contributed by atoms with E-state index in [-0.39, 0.29) is 46.5 Å². The van der Waals surface area contributed by atoms with Gasteiger partial charge < -0.3 is 10.1 Å². The predicted octanol–water partition coefficient (Wildman–Crippen LogP) is 2.26. The SMILES string of the molecule is O=C(COC(=O)CCNS(=O)(=O)c1c(Cl)cccc1Cl)NC1CCCC1. The van der Waals surface area contributed by atoms with Crippen LogP contribution in [-0.2, 0) is 24.3 Å². The van der Waals surface area contributed by atoms with Crippen LogP contribution in [0.25, 0.3) is 0 Å². The molecule has 0 aromatic heterocycles. The van der Waals surface area contributed by atoms with Crippen LogP contribution < -0.4 is 10.0 Å². The number of carbonyl (C=O) groups is 2. The second-order valence-corrected chi connectivity index (χ2v) is 8.43. The summed E-state index contributed by atoms with van der Waals surface area (Å²) >= 11 is 11.7. The third-order valence-electron chi connectivity index (χ3n) is 3.89. The van der Waals surface area contributed by atoms with Gasteiger partial charge in [-0.25, -0.2) is 13.1 Å². The van der Waals surface area contributed by atoms with Crippen molar-refractivity contribution in [2.45, 2.75) is 43.0 Å². The molecule has 0 saturated heterocycles. The van der Waals surface area contributed by atoms with E-state index in [1.54, 1.807) is 0 Å². The first-order chi connectivity index (χ1) is 12.3. The van der Waals surface area contributed by atoms with Gasteiger partial charge in [0.05, 0.1) is 16.5 Å². The third-order valence-corrected chi connectivity index (χ3v) is 6.31. The van der Waals surface area contributed by atoms with Crippen LogP contribution >= 0.6 is 23.2 Å². The summed E-state index contributed by atoms with van der Waals surface area (Å²) in [6.45, 7) is -0.578. The number of ether oxygens (including phenoxy) is 1. The molecule has 1 amide bonds. The lowest BCUT2D eigenvalue weighted by Gasteiger charge is -2.12. The van der Waals surface area contributed by atoms with Crippen molar-refractivity contribution in [1.82, 2.24) is 10.0 Å². The maximum atomic E-state index is 12.2. The number of hydrogen-bond acceptors (Lipinski definition) is 5. The fourth-order valence-corrected chi connectivity index (χ4v) is 4.83. The molecule has 1 saturated carbocycles. The summed E-state index contributed by atoms with van der Waals surface area (Å²) in [6, 6.07) is 4.48. The monoisotopic (exact) mass is 422 g/mol. The quantitative estimate of drug-likeness (QED) is 0.625. The highest BCUT2D eigenvalue weighted by atomic mass is 35.5. The molecule has 1 fully saturated rings. The first-order valence-corrected chi connectivity index (χ1v) is 10.4. The minimum Gasteiger partial charge on any atom is -0.456 e. The molecule has 1 aromatic carbocycles. The third kappa shape index (κ3) is 6.12. The zero-order chi connectivity index (χ0) is 19.2. The molecule has 10 heteroatoms. The second-order valence-electron chi connectivity index (χ2n) is 5.91. The average Bonchev–Trinajstić information content (AvgIpc) is 3.05. The van der Waals surface area contributed by atoms with Gasteiger partial charge in [0.15, 0.2) is 6.61 Å². The van der Waals surface area contributed by atoms with Gasteiger partial charge in [0.25, 0.3) is 5.91 Å². The smallest absolute Gasteiger partial charge is 0.307 e. The Labute approximate surface area is 162 Å². The summed E-state index contributed by atoms with van der Waals surface area (Å²) in [7, 11) is -3.97. The van der Waals surface area contributed by atoms with Gasteiger partial charge in [0, 0.05) is 12.6 Å². The zero-order valence-corrected chi connectivity index (χ0v) is 16.3. The molecular weight excluding hydrogens is 403 g/mol. The number of rotatable bonds is 8. The molecule has 26 heavy (non-hydrogen) atoms. The van der Waals surface area contributed by atoms with Crippen LogP contribution in [0.3, 0.4) is 0 Å². The van der Waals surface area contributed by atoms with Gasteiger partial charge in [-0.1, -0.05) is 42.1 Å². The normalized spacial score (nSPS) is 15.0. The van der Waals surface area contributed by atoms with E-state index in [0.29, 0.717) is 0 Å². The van der Waals surface area contributed by atoms with Crippen LogP contribution in [-0.4, -0.2) is 39.5 Å². The molecule has 2 N–H and O–H groups in total. The van der Waals surface area contributed by atoms with E-state index < -0.39 is 16.0 Å². The highest BCUT2D eigenvalue weighted by molar-refractivity contribution is 7.89. The summed E-state index contributed by atoms with van der Waals surface area (Å²) in [4.78, 5) is 23.1. The fourth-order valence-electron chi connectivity index (χ4n) is 2.66. The fraction of sp³-hybridized carbons (Fsp3) is 0.500. The van der Waals surface area contributed by atoms with E-state index in [1.165, 1.54) is 18.2 Å². The number of esters is 1. The number of hydrogen-bond donors (Lipinski definition) is 2. The minimum absolute atomic E-state index is 0.0174. The number of sulfonamides is 1. The van der Waals surface area contributed by atoms with Crippen molar-refractivity contribution in [3.8, 4) is 0 Å². The van der Waals surface area contributed by atoms with Crippen molar-refractivity contribution in [1.29, 1.82) is 0 Å². The Kier molecular flexibility index (Phi) is 7.69. The molecule has 0 radical (unpaired) electrons. The summed E-state index contributed by atoms with van der Waals surface area (Å²) in [6.07, 6.45) is 3.82. The van der Waals surface area contributed by atoms with Gasteiger partial charge in [-0.15, -0.1) is 0 Å². The van der Waals surface area contributed by atoms with Crippen molar-refractivity contribution < 1.29 is 22.7 Å². The Balaban J connectivity index is 1.74. The Morgan fingerprint density at radius 3 is 2.38 bits per heavy atom. The highest BCUT2D eigenvalue weighted by Gasteiger charge is 2.22. The lowest BCUT2D eigenvalue weighted by molar-refractivity contribution is -0.148. The maximum absolute atomic E-state index is 12.2. The van der Waals surface area contributed by atoms with Gasteiger partial charge >= 0.3 is 5.97 Å². The summed E-state index contributed by atoms with van der Waals surface area (Å²) in [5, 5.41) is 2.76. The maximum Gasteiger partial charge on any atom is 0.307 e. The van der Waals surface area contributed by atoms with Crippen molar-refractivity contribution >= 4 is 45.1 Å². The Morgan fingerprint density at radius 2 is 1.77 bits per heavy atom. The molecule has 144 valence electrons. The Bertz CT molecular complexity index is 744. The van der Waals surface area contributed by atoms with Crippen LogP contribution in [0, 0.1) is 0 Å². The Morgan fingerprint density at radius 1 is 1.15 bits per heavy atom. The molecule has 7 nitrogen and oxygen atoms in total. The molecule has 1 aliphatic rings. The largest absolute Gasteiger partial charge is 0.456 e. The molecule has 0 atom stereocenters. The van der Waals surface area contributed by atoms with Crippen LogP contribution in [0.4, 0.5) is 0 Å². The topological polar surface area (TPSA) is 102 Å². The van der Waals surface area contributed by atoms with Crippen LogP contribution in [0.15, 0.2) is 23.1 Å². The summed E-state index contributed by atoms with van der Waals surface area (Å²) < 4.78 is 31.5. The van der Waals surface area contributed by atoms with Gasteiger partial charge in [0.1, 0.15) is 4.90 Å². The molecular formula is C16H20Cl2N2O5S. The molecule has 2 rings (SSSR count). The van der Waals surface area contributed by atoms with E-state index in [9.17, 15) is 18.0 Å². The van der Waals surface area contributed by atoms with E-state index in [1.807, 2.05) is 0 Å². The highest BCUT2D eigenvalue weighted by Crippen LogP contribution is 2.28. The summed E-state index contributed by atoms with van der Waals surface area (Å²) in [5.74, 6) is -1.03. The summed E-state index contributed by atoms with van der Waals surface area (Å²) in [5.41, 5.74) is 0. The van der Waals surface area contributed by atoms with Crippen molar-refractivity contribution in [2.75, 3.05) is 13.2 Å². The lowest BCUT2D eigenvalue weighted by Crippen LogP contribution is -2.36. The van der Waals surface area contributed by atoms with Crippen molar-refractivity contribution in [2.24, 2.45) is 0 Å². The van der Waals surface area contributed by atoms with Gasteiger partial charge in [-0.2, -0.15) is 0 Å². The molecule has 0 unspecified atom stereocenters. The Hall–Kier alpha value is -1.35. The first-order valence-electron chi connectivity index (χ1n) is 8.18. The number of amides is 1. The molecule has 1 aliphatic carbocycles. The molecule has 0 aliphatic heterocycles. The number of carbonyl (C=O) groups excluding carboxylic acids is 2. The van der Waals surface area contributed by atoms with Crippen LogP contribution in [0.2, 0.25) is 10.0 Å². The van der Waals surface area contributed by atoms with Gasteiger partial charge in [-0.05, 0) is 25.0 Å². The number of nitrogens with one attached hydrogen (secondary N) is 2. The predicted molar refractivity (Wildman–Crippen MR) is 97.6 cm³/mol. The minimum atomic E-state index is -3.97. The van der Waals surface area contributed by atoms with E-state index >= 15 is 0 Å². The zero-order valence-electron chi connectivity index (χ0n) is 14.0. The van der Waals surface area contributed by atoms with E-state index in [0.717, 1.165) is 25.7 Å². The molecule has 0 heterocycles. The van der Waals surface area contributed by atoms with Crippen LogP contribution in [0.1, 0.15) is 32.1 Å². The number of halogens is 2. The molecule has 0 bridgehead atoms. The lowest BCUT2D eigenvalue weighted by atomic mass is 10.2.